The Morgan fingerprint density at radius 2 is 2.13 bits per heavy atom. The Hall–Kier alpha value is -1.85. The summed E-state index contributed by atoms with van der Waals surface area (Å²) in [5.74, 6) is 0. The van der Waals surface area contributed by atoms with Crippen molar-refractivity contribution >= 4 is 33.0 Å². The number of aliphatic hydroxyl groups excluding tert-OH is 1. The smallest absolute Gasteiger partial charge is 0.354 e. The molecular formula is C21H28N4O4S2. The first-order chi connectivity index (χ1) is 14.4. The number of thiophene rings is 1. The monoisotopic (exact) mass is 464 g/mol. The maximum atomic E-state index is 13.0. The van der Waals surface area contributed by atoms with Crippen molar-refractivity contribution in [2.24, 2.45) is 9.50 Å². The predicted octanol–water partition coefficient (Wildman–Crippen LogP) is 2.99. The number of anilines is 1. The van der Waals surface area contributed by atoms with Crippen molar-refractivity contribution in [1.82, 2.24) is 4.98 Å². The second kappa shape index (κ2) is 7.63. The Labute approximate surface area is 186 Å². The van der Waals surface area contributed by atoms with Crippen LogP contribution < -0.4 is 10.5 Å². The maximum Gasteiger partial charge on any atom is 0.354 e. The van der Waals surface area contributed by atoms with Gasteiger partial charge < -0.3 is 15.5 Å². The van der Waals surface area contributed by atoms with Crippen molar-refractivity contribution in [2.75, 3.05) is 11.9 Å². The highest BCUT2D eigenvalue weighted by atomic mass is 32.2. The van der Waals surface area contributed by atoms with Gasteiger partial charge in [-0.25, -0.2) is 14.1 Å². The Morgan fingerprint density at radius 1 is 1.39 bits per heavy atom. The van der Waals surface area contributed by atoms with Gasteiger partial charge in [-0.15, -0.1) is 15.7 Å². The van der Waals surface area contributed by atoms with Gasteiger partial charge in [-0.05, 0) is 67.2 Å². The zero-order valence-electron chi connectivity index (χ0n) is 17.9. The molecule has 0 saturated heterocycles. The van der Waals surface area contributed by atoms with Crippen molar-refractivity contribution < 1.29 is 19.2 Å². The second-order valence-electron chi connectivity index (χ2n) is 9.15. The molecule has 2 atom stereocenters. The van der Waals surface area contributed by atoms with E-state index in [1.807, 2.05) is 0 Å². The predicted molar refractivity (Wildman–Crippen MR) is 121 cm³/mol. The van der Waals surface area contributed by atoms with Crippen LogP contribution in [-0.2, 0) is 40.2 Å². The average molecular weight is 465 g/mol. The minimum atomic E-state index is -3.51. The number of carbonyl (C=O) groups excluding carboxylic acids is 1. The molecule has 2 aliphatic rings. The minimum absolute atomic E-state index is 0.0536. The number of fused-ring (bicyclic) bond motifs is 2. The van der Waals surface area contributed by atoms with Crippen LogP contribution in [0.15, 0.2) is 20.0 Å². The summed E-state index contributed by atoms with van der Waals surface area (Å²) in [4.78, 5) is 17.7. The van der Waals surface area contributed by atoms with E-state index in [4.69, 9.17) is 10.1 Å². The largest absolute Gasteiger partial charge is 0.393 e. The molecule has 0 radical (unpaired) electrons. The molecule has 31 heavy (non-hydrogen) atoms. The van der Waals surface area contributed by atoms with Gasteiger partial charge >= 0.3 is 6.03 Å². The van der Waals surface area contributed by atoms with Crippen molar-refractivity contribution in [2.45, 2.75) is 68.1 Å². The average Bonchev–Trinajstić information content (AvgIpc) is 3.41. The number of aromatic nitrogens is 1. The molecule has 2 heterocycles. The van der Waals surface area contributed by atoms with Crippen LogP contribution in [0.5, 0.6) is 0 Å². The lowest BCUT2D eigenvalue weighted by Crippen LogP contribution is -2.25. The number of nitrogens with one attached hydrogen (secondary N) is 1. The van der Waals surface area contributed by atoms with Crippen LogP contribution in [0, 0.1) is 0 Å². The fourth-order valence-corrected chi connectivity index (χ4v) is 6.52. The zero-order valence-corrected chi connectivity index (χ0v) is 19.5. The molecule has 2 aliphatic carbocycles. The molecule has 0 bridgehead atoms. The van der Waals surface area contributed by atoms with E-state index in [-0.39, 0.29) is 9.62 Å². The molecule has 0 spiro atoms. The van der Waals surface area contributed by atoms with E-state index in [9.17, 15) is 19.2 Å². The minimum Gasteiger partial charge on any atom is -0.393 e. The maximum absolute atomic E-state index is 13.0. The molecule has 168 valence electrons. The number of nitrogens with zero attached hydrogens (tertiary/aromatic N) is 2. The number of pyridine rings is 1. The fourth-order valence-electron chi connectivity index (χ4n) is 4.27. The van der Waals surface area contributed by atoms with Gasteiger partial charge in [-0.3, -0.25) is 4.98 Å². The highest BCUT2D eigenvalue weighted by Gasteiger charge is 2.36. The van der Waals surface area contributed by atoms with E-state index in [0.29, 0.717) is 5.56 Å². The van der Waals surface area contributed by atoms with E-state index in [0.717, 1.165) is 71.6 Å². The van der Waals surface area contributed by atoms with Crippen LogP contribution in [0.4, 0.5) is 10.5 Å². The van der Waals surface area contributed by atoms with E-state index < -0.39 is 28.2 Å². The first-order valence-electron chi connectivity index (χ1n) is 10.3. The van der Waals surface area contributed by atoms with Crippen LogP contribution >= 0.6 is 11.3 Å². The summed E-state index contributed by atoms with van der Waals surface area (Å²) in [5, 5.41) is 29.8. The van der Waals surface area contributed by atoms with Crippen LogP contribution in [0.3, 0.4) is 0 Å². The SMILES string of the molecule is CC1(C)CCc2c1nc1c(c2NC(=O)N=[S@@](N)(=O)c2cc([C@](C)(O)CO)cs2)CCC1. The zero-order chi connectivity index (χ0) is 22.6. The van der Waals surface area contributed by atoms with Gasteiger partial charge in [0.15, 0.2) is 9.92 Å². The molecule has 2 amide bonds. The lowest BCUT2D eigenvalue weighted by atomic mass is 9.90. The van der Waals surface area contributed by atoms with E-state index in [1.165, 1.54) is 13.0 Å². The third-order valence-corrected chi connectivity index (χ3v) is 9.07. The van der Waals surface area contributed by atoms with E-state index in [2.05, 4.69) is 23.5 Å². The van der Waals surface area contributed by atoms with Crippen molar-refractivity contribution in [3.63, 3.8) is 0 Å². The topological polar surface area (TPSA) is 138 Å². The number of rotatable bonds is 4. The lowest BCUT2D eigenvalue weighted by molar-refractivity contribution is -0.00203. The summed E-state index contributed by atoms with van der Waals surface area (Å²) in [6, 6.07) is 0.660. The molecule has 2 aromatic heterocycles. The van der Waals surface area contributed by atoms with Crippen molar-refractivity contribution in [3.05, 3.63) is 39.5 Å². The Balaban J connectivity index is 1.67. The summed E-state index contributed by atoms with van der Waals surface area (Å²) in [6.45, 7) is 5.26. The molecule has 0 saturated carbocycles. The molecule has 0 fully saturated rings. The number of aliphatic hydroxyl groups is 2. The molecular weight excluding hydrogens is 436 g/mol. The molecule has 0 unspecified atom stereocenters. The number of urea groups is 1. The lowest BCUT2D eigenvalue weighted by Gasteiger charge is -2.20. The van der Waals surface area contributed by atoms with Crippen molar-refractivity contribution in [3.8, 4) is 0 Å². The normalized spacial score (nSPS) is 20.5. The number of hydrogen-bond acceptors (Lipinski definition) is 6. The number of carbonyl (C=O) groups is 1. The highest BCUT2D eigenvalue weighted by Crippen LogP contribution is 2.44. The van der Waals surface area contributed by atoms with Crippen molar-refractivity contribution in [1.29, 1.82) is 0 Å². The van der Waals surface area contributed by atoms with Gasteiger partial charge in [-0.2, -0.15) is 0 Å². The third kappa shape index (κ3) is 4.03. The van der Waals surface area contributed by atoms with Crippen LogP contribution in [0.2, 0.25) is 0 Å². The van der Waals surface area contributed by atoms with Gasteiger partial charge in [0.1, 0.15) is 9.81 Å². The number of amides is 2. The molecule has 4 rings (SSSR count). The summed E-state index contributed by atoms with van der Waals surface area (Å²) in [6.07, 6.45) is 4.49. The Morgan fingerprint density at radius 3 is 2.84 bits per heavy atom. The quantitative estimate of drug-likeness (QED) is 0.551. The molecule has 8 nitrogen and oxygen atoms in total. The summed E-state index contributed by atoms with van der Waals surface area (Å²) in [7, 11) is -3.51. The fraction of sp³-hybridized carbons (Fsp3) is 0.524. The van der Waals surface area contributed by atoms with E-state index in [1.54, 1.807) is 5.38 Å². The van der Waals surface area contributed by atoms with Crippen LogP contribution in [-0.4, -0.2) is 32.0 Å². The molecule has 2 aromatic rings. The Kier molecular flexibility index (Phi) is 5.50. The summed E-state index contributed by atoms with van der Waals surface area (Å²) >= 11 is 1.03. The molecule has 5 N–H and O–H groups in total. The molecule has 0 aliphatic heterocycles. The van der Waals surface area contributed by atoms with Crippen LogP contribution in [0.25, 0.3) is 0 Å². The summed E-state index contributed by atoms with van der Waals surface area (Å²) in [5.41, 5.74) is 3.70. The van der Waals surface area contributed by atoms with Gasteiger partial charge in [-0.1, -0.05) is 13.8 Å². The van der Waals surface area contributed by atoms with Gasteiger partial charge in [0.25, 0.3) is 0 Å². The number of nitrogens with two attached hydrogens (primary N) is 1. The van der Waals surface area contributed by atoms with Crippen LogP contribution in [0.1, 0.15) is 61.7 Å². The number of aryl methyl sites for hydroxylation is 1. The van der Waals surface area contributed by atoms with Gasteiger partial charge in [0, 0.05) is 11.1 Å². The standard InChI is InChI=1S/C21H28N4O4S2/c1-20(2)8-7-14-17(13-5-4-6-15(13)23-18(14)20)24-19(27)25-31(22,29)16-9-12(10-30-16)21(3,28)11-26/h9-10,26,28H,4-8,11H2,1-3H3,(H3,22,23,24,25,27,29)/t21-,31-/m1/s1. The second-order valence-corrected chi connectivity index (χ2v) is 12.1. The van der Waals surface area contributed by atoms with E-state index >= 15 is 0 Å². The van der Waals surface area contributed by atoms with Gasteiger partial charge in [0.2, 0.25) is 0 Å². The Bertz CT molecular complexity index is 1180. The first kappa shape index (κ1) is 22.3. The number of hydrogen-bond donors (Lipinski definition) is 4. The van der Waals surface area contributed by atoms with Gasteiger partial charge in [0.05, 0.1) is 18.0 Å². The molecule has 10 heteroatoms. The third-order valence-electron chi connectivity index (χ3n) is 6.21. The molecule has 0 aromatic carbocycles. The highest BCUT2D eigenvalue weighted by molar-refractivity contribution is 7.93. The summed E-state index contributed by atoms with van der Waals surface area (Å²) < 4.78 is 16.9. The first-order valence-corrected chi connectivity index (χ1v) is 12.7.